The Bertz CT molecular complexity index is 212. The molecule has 4 nitrogen and oxygen atoms in total. The van der Waals surface area contributed by atoms with Gasteiger partial charge in [-0.3, -0.25) is 5.41 Å². The van der Waals surface area contributed by atoms with Crippen molar-refractivity contribution in [2.75, 3.05) is 5.75 Å². The maximum Gasteiger partial charge on any atom is 0.193 e. The number of guanidine groups is 1. The molecule has 0 aromatic rings. The first-order valence-electron chi connectivity index (χ1n) is 5.97. The summed E-state index contributed by atoms with van der Waals surface area (Å²) >= 11 is 1.41. The van der Waals surface area contributed by atoms with Crippen LogP contribution in [0, 0.1) is 5.41 Å². The van der Waals surface area contributed by atoms with E-state index in [2.05, 4.69) is 11.9 Å². The van der Waals surface area contributed by atoms with Gasteiger partial charge in [0.25, 0.3) is 0 Å². The summed E-state index contributed by atoms with van der Waals surface area (Å²) in [5.41, 5.74) is 10.3. The number of nitrogens with zero attached hydrogens (tertiary/aromatic N) is 1. The number of nitrogens with one attached hydrogen (secondary N) is 1. The van der Waals surface area contributed by atoms with E-state index in [1.165, 1.54) is 50.3 Å². The van der Waals surface area contributed by atoms with Gasteiger partial charge in [-0.05, 0) is 6.42 Å². The molecule has 16 heavy (non-hydrogen) atoms. The van der Waals surface area contributed by atoms with E-state index < -0.39 is 0 Å². The van der Waals surface area contributed by atoms with E-state index in [4.69, 9.17) is 16.9 Å². The molecule has 0 aliphatic heterocycles. The number of aliphatic imine (C=N–C) groups is 1. The summed E-state index contributed by atoms with van der Waals surface area (Å²) in [7, 11) is 0. The average molecular weight is 244 g/mol. The number of hydrogen-bond acceptors (Lipinski definition) is 2. The molecule has 0 rings (SSSR count). The molecule has 5 heteroatoms. The Labute approximate surface area is 103 Å². The third-order valence-corrected chi connectivity index (χ3v) is 3.07. The lowest BCUT2D eigenvalue weighted by Gasteiger charge is -2.01. The normalized spacial score (nSPS) is 10.1. The highest BCUT2D eigenvalue weighted by atomic mass is 32.2. The molecule has 0 heterocycles. The SMILES string of the molecule is CCCCCCCCCSC(=N)N=C(N)N. The largest absolute Gasteiger partial charge is 0.370 e. The van der Waals surface area contributed by atoms with E-state index in [1.54, 1.807) is 0 Å². The van der Waals surface area contributed by atoms with Crippen LogP contribution in [-0.4, -0.2) is 16.9 Å². The van der Waals surface area contributed by atoms with Crippen molar-refractivity contribution in [3.8, 4) is 0 Å². The fourth-order valence-corrected chi connectivity index (χ4v) is 2.09. The molecule has 0 aromatic heterocycles. The zero-order valence-electron chi connectivity index (χ0n) is 10.2. The zero-order chi connectivity index (χ0) is 12.2. The maximum atomic E-state index is 7.41. The van der Waals surface area contributed by atoms with Crippen molar-refractivity contribution >= 4 is 22.9 Å². The number of thioether (sulfide) groups is 1. The minimum atomic E-state index is -0.0305. The molecule has 94 valence electrons. The first-order valence-corrected chi connectivity index (χ1v) is 6.96. The molecule has 0 saturated heterocycles. The second-order valence-electron chi connectivity index (χ2n) is 3.81. The first kappa shape index (κ1) is 15.3. The van der Waals surface area contributed by atoms with Crippen LogP contribution in [0.3, 0.4) is 0 Å². The lowest BCUT2D eigenvalue weighted by Crippen LogP contribution is -2.23. The number of amidine groups is 1. The highest BCUT2D eigenvalue weighted by Crippen LogP contribution is 2.11. The third-order valence-electron chi connectivity index (χ3n) is 2.22. The number of unbranched alkanes of at least 4 members (excludes halogenated alkanes) is 6. The highest BCUT2D eigenvalue weighted by Gasteiger charge is 1.96. The molecular weight excluding hydrogens is 220 g/mol. The first-order chi connectivity index (χ1) is 7.66. The Morgan fingerprint density at radius 3 is 2.19 bits per heavy atom. The number of rotatable bonds is 8. The fraction of sp³-hybridized carbons (Fsp3) is 0.818. The summed E-state index contributed by atoms with van der Waals surface area (Å²) < 4.78 is 0. The Kier molecular flexibility index (Phi) is 10.3. The van der Waals surface area contributed by atoms with Crippen LogP contribution in [0.2, 0.25) is 0 Å². The van der Waals surface area contributed by atoms with Crippen LogP contribution in [0.1, 0.15) is 51.9 Å². The van der Waals surface area contributed by atoms with Crippen molar-refractivity contribution in [3.63, 3.8) is 0 Å². The summed E-state index contributed by atoms with van der Waals surface area (Å²) in [6.45, 7) is 2.23. The molecular formula is C11H24N4S. The van der Waals surface area contributed by atoms with E-state index in [0.29, 0.717) is 0 Å². The molecule has 0 aliphatic rings. The van der Waals surface area contributed by atoms with Crippen LogP contribution >= 0.6 is 11.8 Å². The summed E-state index contributed by atoms with van der Waals surface area (Å²) in [5, 5.41) is 7.62. The molecule has 0 aliphatic carbocycles. The minimum absolute atomic E-state index is 0.0305. The van der Waals surface area contributed by atoms with Crippen LogP contribution in [0.4, 0.5) is 0 Å². The van der Waals surface area contributed by atoms with E-state index in [1.807, 2.05) is 0 Å². The van der Waals surface area contributed by atoms with Crippen LogP contribution in [-0.2, 0) is 0 Å². The monoisotopic (exact) mass is 244 g/mol. The van der Waals surface area contributed by atoms with E-state index >= 15 is 0 Å². The van der Waals surface area contributed by atoms with Gasteiger partial charge in [-0.15, -0.1) is 0 Å². The van der Waals surface area contributed by atoms with Gasteiger partial charge in [-0.2, -0.15) is 4.99 Å². The van der Waals surface area contributed by atoms with Crippen molar-refractivity contribution < 1.29 is 0 Å². The molecule has 0 aromatic carbocycles. The number of nitrogens with two attached hydrogens (primary N) is 2. The second-order valence-corrected chi connectivity index (χ2v) is 4.90. The van der Waals surface area contributed by atoms with Gasteiger partial charge in [-0.1, -0.05) is 57.2 Å². The lowest BCUT2D eigenvalue weighted by molar-refractivity contribution is 0.604. The molecule has 0 spiro atoms. The van der Waals surface area contributed by atoms with Crippen molar-refractivity contribution in [1.82, 2.24) is 0 Å². The van der Waals surface area contributed by atoms with Gasteiger partial charge in [0.05, 0.1) is 0 Å². The predicted octanol–water partition coefficient (Wildman–Crippen LogP) is 2.68. The molecule has 5 N–H and O–H groups in total. The summed E-state index contributed by atoms with van der Waals surface area (Å²) in [6.07, 6.45) is 9.02. The van der Waals surface area contributed by atoms with Crippen molar-refractivity contribution in [1.29, 1.82) is 5.41 Å². The molecule has 0 bridgehead atoms. The minimum Gasteiger partial charge on any atom is -0.370 e. The molecule has 0 atom stereocenters. The molecule has 0 radical (unpaired) electrons. The summed E-state index contributed by atoms with van der Waals surface area (Å²) in [4.78, 5) is 3.65. The van der Waals surface area contributed by atoms with Gasteiger partial charge in [0.15, 0.2) is 11.1 Å². The Morgan fingerprint density at radius 2 is 1.62 bits per heavy atom. The van der Waals surface area contributed by atoms with Crippen molar-refractivity contribution in [2.24, 2.45) is 16.5 Å². The summed E-state index contributed by atoms with van der Waals surface area (Å²) in [5.74, 6) is 0.903. The van der Waals surface area contributed by atoms with Crippen LogP contribution < -0.4 is 11.5 Å². The van der Waals surface area contributed by atoms with Crippen LogP contribution in [0.25, 0.3) is 0 Å². The van der Waals surface area contributed by atoms with Gasteiger partial charge >= 0.3 is 0 Å². The molecule has 0 fully saturated rings. The van der Waals surface area contributed by atoms with Crippen LogP contribution in [0.5, 0.6) is 0 Å². The molecule has 0 amide bonds. The van der Waals surface area contributed by atoms with E-state index in [-0.39, 0.29) is 11.1 Å². The fourth-order valence-electron chi connectivity index (χ4n) is 1.38. The average Bonchev–Trinajstić information content (AvgIpc) is 2.21. The second kappa shape index (κ2) is 10.8. The van der Waals surface area contributed by atoms with Crippen molar-refractivity contribution in [2.45, 2.75) is 51.9 Å². The van der Waals surface area contributed by atoms with E-state index in [9.17, 15) is 0 Å². The van der Waals surface area contributed by atoms with Crippen LogP contribution in [0.15, 0.2) is 4.99 Å². The van der Waals surface area contributed by atoms with Gasteiger partial charge in [0.2, 0.25) is 0 Å². The third kappa shape index (κ3) is 11.4. The van der Waals surface area contributed by atoms with Gasteiger partial charge in [0.1, 0.15) is 0 Å². The molecule has 0 unspecified atom stereocenters. The standard InChI is InChI=1S/C11H24N4S/c1-2-3-4-5-6-7-8-9-16-11(14)15-10(12)13/h2-9H2,1H3,(H5,12,13,14,15). The molecule has 0 saturated carbocycles. The topological polar surface area (TPSA) is 88.2 Å². The van der Waals surface area contributed by atoms with Crippen molar-refractivity contribution in [3.05, 3.63) is 0 Å². The Morgan fingerprint density at radius 1 is 1.06 bits per heavy atom. The summed E-state index contributed by atoms with van der Waals surface area (Å²) in [6, 6.07) is 0. The maximum absolute atomic E-state index is 7.41. The Balaban J connectivity index is 3.21. The Hall–Kier alpha value is -0.710. The number of hydrogen-bond donors (Lipinski definition) is 3. The predicted molar refractivity (Wildman–Crippen MR) is 74.0 cm³/mol. The lowest BCUT2D eigenvalue weighted by atomic mass is 10.1. The van der Waals surface area contributed by atoms with Gasteiger partial charge in [0, 0.05) is 5.75 Å². The zero-order valence-corrected chi connectivity index (χ0v) is 11.0. The van der Waals surface area contributed by atoms with Gasteiger partial charge in [-0.25, -0.2) is 0 Å². The van der Waals surface area contributed by atoms with E-state index in [0.717, 1.165) is 12.2 Å². The quantitative estimate of drug-likeness (QED) is 0.348. The van der Waals surface area contributed by atoms with Gasteiger partial charge < -0.3 is 11.5 Å². The smallest absolute Gasteiger partial charge is 0.193 e. The highest BCUT2D eigenvalue weighted by molar-refractivity contribution is 8.13.